The topological polar surface area (TPSA) is 32.3 Å². The van der Waals surface area contributed by atoms with E-state index in [0.29, 0.717) is 19.5 Å². The second-order valence-electron chi connectivity index (χ2n) is 5.73. The van der Waals surface area contributed by atoms with Crippen molar-refractivity contribution in [3.05, 3.63) is 71.5 Å². The molecule has 1 amide bonds. The predicted molar refractivity (Wildman–Crippen MR) is 90.6 cm³/mol. The van der Waals surface area contributed by atoms with E-state index in [0.717, 1.165) is 5.56 Å². The van der Waals surface area contributed by atoms with Gasteiger partial charge in [-0.15, -0.1) is 0 Å². The van der Waals surface area contributed by atoms with Crippen LogP contribution in [0.5, 0.6) is 0 Å². The van der Waals surface area contributed by atoms with Crippen LogP contribution < -0.4 is 5.32 Å². The summed E-state index contributed by atoms with van der Waals surface area (Å²) in [6.45, 7) is 2.98. The molecule has 0 radical (unpaired) electrons. The van der Waals surface area contributed by atoms with Crippen LogP contribution in [0.2, 0.25) is 0 Å². The van der Waals surface area contributed by atoms with Crippen LogP contribution in [0.15, 0.2) is 54.6 Å². The highest BCUT2D eigenvalue weighted by Gasteiger charge is 2.14. The smallest absolute Gasteiger partial charge is 0.234 e. The Kier molecular flexibility index (Phi) is 6.29. The van der Waals surface area contributed by atoms with Gasteiger partial charge in [0.25, 0.3) is 0 Å². The minimum atomic E-state index is -0.241. The summed E-state index contributed by atoms with van der Waals surface area (Å²) in [5.74, 6) is -0.244. The highest BCUT2D eigenvalue weighted by molar-refractivity contribution is 5.78. The molecule has 122 valence electrons. The van der Waals surface area contributed by atoms with Gasteiger partial charge in [-0.1, -0.05) is 42.5 Å². The lowest BCUT2D eigenvalue weighted by molar-refractivity contribution is -0.122. The maximum absolute atomic E-state index is 12.8. The number of rotatable bonds is 7. The van der Waals surface area contributed by atoms with Crippen LogP contribution in [0.4, 0.5) is 4.39 Å². The number of nitrogens with zero attached hydrogens (tertiary/aromatic N) is 1. The SMILES string of the molecule is CC(c1ccccc1)N(C)CC(=O)NCCc1ccc(F)cc1. The molecule has 0 aliphatic heterocycles. The molecule has 2 rings (SSSR count). The van der Waals surface area contributed by atoms with Gasteiger partial charge in [0, 0.05) is 12.6 Å². The number of halogens is 1. The number of hydrogen-bond donors (Lipinski definition) is 1. The first-order valence-electron chi connectivity index (χ1n) is 7.82. The van der Waals surface area contributed by atoms with Crippen LogP contribution in [0, 0.1) is 5.82 Å². The van der Waals surface area contributed by atoms with E-state index in [9.17, 15) is 9.18 Å². The van der Waals surface area contributed by atoms with Gasteiger partial charge < -0.3 is 5.32 Å². The van der Waals surface area contributed by atoms with Crippen molar-refractivity contribution in [2.75, 3.05) is 20.1 Å². The molecule has 0 spiro atoms. The molecule has 0 saturated carbocycles. The number of amides is 1. The molecule has 1 unspecified atom stereocenters. The van der Waals surface area contributed by atoms with E-state index in [-0.39, 0.29) is 17.8 Å². The molecule has 0 saturated heterocycles. The zero-order valence-electron chi connectivity index (χ0n) is 13.6. The van der Waals surface area contributed by atoms with Crippen molar-refractivity contribution in [3.8, 4) is 0 Å². The normalized spacial score (nSPS) is 12.2. The highest BCUT2D eigenvalue weighted by atomic mass is 19.1. The summed E-state index contributed by atoms with van der Waals surface area (Å²) in [6.07, 6.45) is 0.698. The van der Waals surface area contributed by atoms with E-state index < -0.39 is 0 Å². The van der Waals surface area contributed by atoms with Gasteiger partial charge in [-0.2, -0.15) is 0 Å². The molecule has 1 N–H and O–H groups in total. The first-order chi connectivity index (χ1) is 11.1. The fourth-order valence-corrected chi connectivity index (χ4v) is 2.40. The minimum Gasteiger partial charge on any atom is -0.355 e. The monoisotopic (exact) mass is 314 g/mol. The van der Waals surface area contributed by atoms with E-state index in [1.807, 2.05) is 30.1 Å². The fraction of sp³-hybridized carbons (Fsp3) is 0.316. The zero-order chi connectivity index (χ0) is 16.7. The van der Waals surface area contributed by atoms with Crippen molar-refractivity contribution in [3.63, 3.8) is 0 Å². The lowest BCUT2D eigenvalue weighted by Crippen LogP contribution is -2.37. The van der Waals surface area contributed by atoms with Gasteiger partial charge in [0.05, 0.1) is 6.54 Å². The summed E-state index contributed by atoms with van der Waals surface area (Å²) in [5, 5.41) is 2.91. The molecular weight excluding hydrogens is 291 g/mol. The predicted octanol–water partition coefficient (Wildman–Crippen LogP) is 3.18. The quantitative estimate of drug-likeness (QED) is 0.851. The third-order valence-corrected chi connectivity index (χ3v) is 3.99. The van der Waals surface area contributed by atoms with Crippen LogP contribution >= 0.6 is 0 Å². The van der Waals surface area contributed by atoms with Crippen LogP contribution in [0.3, 0.4) is 0 Å². The van der Waals surface area contributed by atoms with Crippen LogP contribution in [0.25, 0.3) is 0 Å². The largest absolute Gasteiger partial charge is 0.355 e. The molecule has 0 aromatic heterocycles. The van der Waals surface area contributed by atoms with E-state index in [1.54, 1.807) is 12.1 Å². The summed E-state index contributed by atoms with van der Waals surface area (Å²) in [5.41, 5.74) is 2.20. The minimum absolute atomic E-state index is 0.00241. The Balaban J connectivity index is 1.74. The third kappa shape index (κ3) is 5.49. The molecule has 0 fully saturated rings. The molecule has 4 heteroatoms. The van der Waals surface area contributed by atoms with Gasteiger partial charge in [-0.25, -0.2) is 4.39 Å². The molecule has 0 aliphatic carbocycles. The lowest BCUT2D eigenvalue weighted by atomic mass is 10.1. The molecule has 23 heavy (non-hydrogen) atoms. The Morgan fingerprint density at radius 1 is 1.13 bits per heavy atom. The lowest BCUT2D eigenvalue weighted by Gasteiger charge is -2.24. The standard InChI is InChI=1S/C19H23FN2O/c1-15(17-6-4-3-5-7-17)22(2)14-19(23)21-13-12-16-8-10-18(20)11-9-16/h3-11,15H,12-14H2,1-2H3,(H,21,23). The molecule has 2 aromatic rings. The van der Waals surface area contributed by atoms with Gasteiger partial charge in [-0.05, 0) is 43.7 Å². The summed E-state index contributed by atoms with van der Waals surface area (Å²) in [6, 6.07) is 16.7. The highest BCUT2D eigenvalue weighted by Crippen LogP contribution is 2.17. The molecule has 0 heterocycles. The van der Waals surface area contributed by atoms with Crippen molar-refractivity contribution < 1.29 is 9.18 Å². The Hall–Kier alpha value is -2.20. The van der Waals surface area contributed by atoms with E-state index in [4.69, 9.17) is 0 Å². The fourth-order valence-electron chi connectivity index (χ4n) is 2.40. The van der Waals surface area contributed by atoms with E-state index in [2.05, 4.69) is 24.4 Å². The number of likely N-dealkylation sites (N-methyl/N-ethyl adjacent to an activating group) is 1. The van der Waals surface area contributed by atoms with Crippen molar-refractivity contribution in [2.24, 2.45) is 0 Å². The summed E-state index contributed by atoms with van der Waals surface area (Å²) < 4.78 is 12.8. The number of carbonyl (C=O) groups is 1. The van der Waals surface area contributed by atoms with Crippen LogP contribution in [-0.4, -0.2) is 30.9 Å². The number of carbonyl (C=O) groups excluding carboxylic acids is 1. The Labute approximate surface area is 137 Å². The van der Waals surface area contributed by atoms with Crippen LogP contribution in [0.1, 0.15) is 24.1 Å². The maximum Gasteiger partial charge on any atom is 0.234 e. The van der Waals surface area contributed by atoms with Gasteiger partial charge in [-0.3, -0.25) is 9.69 Å². The van der Waals surface area contributed by atoms with Crippen molar-refractivity contribution in [1.29, 1.82) is 0 Å². The first kappa shape index (κ1) is 17.2. The Morgan fingerprint density at radius 3 is 2.43 bits per heavy atom. The summed E-state index contributed by atoms with van der Waals surface area (Å²) in [7, 11) is 1.94. The van der Waals surface area contributed by atoms with E-state index >= 15 is 0 Å². The van der Waals surface area contributed by atoms with Crippen molar-refractivity contribution >= 4 is 5.91 Å². The maximum atomic E-state index is 12.8. The molecule has 0 aliphatic rings. The average molecular weight is 314 g/mol. The van der Waals surface area contributed by atoms with Gasteiger partial charge in [0.2, 0.25) is 5.91 Å². The Morgan fingerprint density at radius 2 is 1.78 bits per heavy atom. The van der Waals surface area contributed by atoms with Crippen LogP contribution in [-0.2, 0) is 11.2 Å². The van der Waals surface area contributed by atoms with Gasteiger partial charge in [0.15, 0.2) is 0 Å². The average Bonchev–Trinajstić information content (AvgIpc) is 2.56. The summed E-state index contributed by atoms with van der Waals surface area (Å²) >= 11 is 0. The molecule has 3 nitrogen and oxygen atoms in total. The van der Waals surface area contributed by atoms with E-state index in [1.165, 1.54) is 17.7 Å². The zero-order valence-corrected chi connectivity index (χ0v) is 13.6. The van der Waals surface area contributed by atoms with Gasteiger partial charge in [0.1, 0.15) is 5.82 Å². The van der Waals surface area contributed by atoms with Crippen molar-refractivity contribution in [1.82, 2.24) is 10.2 Å². The second kappa shape index (κ2) is 8.44. The van der Waals surface area contributed by atoms with Crippen molar-refractivity contribution in [2.45, 2.75) is 19.4 Å². The second-order valence-corrected chi connectivity index (χ2v) is 5.73. The van der Waals surface area contributed by atoms with Gasteiger partial charge >= 0.3 is 0 Å². The number of nitrogens with one attached hydrogen (secondary N) is 1. The summed E-state index contributed by atoms with van der Waals surface area (Å²) in [4.78, 5) is 14.0. The molecule has 1 atom stereocenters. The molecule has 0 bridgehead atoms. The molecular formula is C19H23FN2O. The first-order valence-corrected chi connectivity index (χ1v) is 7.82. The molecule has 2 aromatic carbocycles. The number of hydrogen-bond acceptors (Lipinski definition) is 2. The Bertz CT molecular complexity index is 613. The number of benzene rings is 2. The third-order valence-electron chi connectivity index (χ3n) is 3.99.